The molecule has 6 heteroatoms. The molecule has 2 aromatic heterocycles. The van der Waals surface area contributed by atoms with E-state index in [0.717, 1.165) is 5.52 Å². The Labute approximate surface area is 146 Å². The number of amides is 1. The van der Waals surface area contributed by atoms with E-state index in [1.165, 1.54) is 5.39 Å². The lowest BCUT2D eigenvalue weighted by Gasteiger charge is -2.09. The van der Waals surface area contributed by atoms with Gasteiger partial charge in [-0.05, 0) is 23.6 Å². The molecule has 3 aromatic rings. The van der Waals surface area contributed by atoms with Crippen LogP contribution in [-0.4, -0.2) is 42.3 Å². The molecule has 0 aliphatic heterocycles. The molecular weight excluding hydrogens is 318 g/mol. The Morgan fingerprint density at radius 2 is 2.08 bits per heavy atom. The minimum Gasteiger partial charge on any atom is -0.475 e. The number of carbonyl (C=O) groups is 1. The highest BCUT2D eigenvalue weighted by Gasteiger charge is 2.07. The van der Waals surface area contributed by atoms with Crippen LogP contribution in [0.4, 0.5) is 0 Å². The van der Waals surface area contributed by atoms with Crippen LogP contribution in [-0.2, 0) is 11.3 Å². The van der Waals surface area contributed by atoms with Crippen molar-refractivity contribution in [1.29, 1.82) is 0 Å². The largest absolute Gasteiger partial charge is 0.475 e. The molecule has 1 amide bonds. The molecule has 0 aliphatic carbocycles. The molecule has 2 heterocycles. The molecule has 0 fully saturated rings. The van der Waals surface area contributed by atoms with Gasteiger partial charge in [0.1, 0.15) is 6.61 Å². The average Bonchev–Trinajstić information content (AvgIpc) is 3.05. The molecule has 130 valence electrons. The van der Waals surface area contributed by atoms with E-state index in [0.29, 0.717) is 37.7 Å². The molecule has 25 heavy (non-hydrogen) atoms. The maximum absolute atomic E-state index is 12.3. The van der Waals surface area contributed by atoms with Crippen LogP contribution in [0, 0.1) is 0 Å². The Kier molecular flexibility index (Phi) is 5.64. The van der Waals surface area contributed by atoms with Crippen LogP contribution in [0.5, 0.6) is 5.88 Å². The number of pyridine rings is 1. The summed E-state index contributed by atoms with van der Waals surface area (Å²) in [4.78, 5) is 16.4. The molecule has 0 bridgehead atoms. The lowest BCUT2D eigenvalue weighted by atomic mass is 10.2. The Morgan fingerprint density at radius 3 is 2.96 bits per heavy atom. The molecule has 0 aliphatic rings. The van der Waals surface area contributed by atoms with E-state index in [1.807, 2.05) is 18.3 Å². The molecule has 0 unspecified atom stereocenters. The van der Waals surface area contributed by atoms with E-state index in [9.17, 15) is 4.79 Å². The molecule has 6 nitrogen and oxygen atoms in total. The SMILES string of the molecule is COCCOc1cc(C(=O)NCCn2ccc3ccccc32)ccn1. The van der Waals surface area contributed by atoms with Gasteiger partial charge in [0.25, 0.3) is 5.91 Å². The fraction of sp³-hybridized carbons (Fsp3) is 0.263. The van der Waals surface area contributed by atoms with E-state index in [4.69, 9.17) is 9.47 Å². The summed E-state index contributed by atoms with van der Waals surface area (Å²) in [6.07, 6.45) is 3.60. The molecule has 0 radical (unpaired) electrons. The second-order valence-corrected chi connectivity index (χ2v) is 5.55. The van der Waals surface area contributed by atoms with E-state index >= 15 is 0 Å². The van der Waals surface area contributed by atoms with E-state index < -0.39 is 0 Å². The zero-order valence-corrected chi connectivity index (χ0v) is 14.1. The lowest BCUT2D eigenvalue weighted by molar-refractivity contribution is 0.0951. The highest BCUT2D eigenvalue weighted by molar-refractivity contribution is 5.94. The Balaban J connectivity index is 1.55. The number of ether oxygens (including phenoxy) is 2. The molecule has 3 rings (SSSR count). The number of para-hydroxylation sites is 1. The summed E-state index contributed by atoms with van der Waals surface area (Å²) in [5, 5.41) is 4.12. The quantitative estimate of drug-likeness (QED) is 0.641. The smallest absolute Gasteiger partial charge is 0.251 e. The zero-order chi connectivity index (χ0) is 17.5. The third-order valence-electron chi connectivity index (χ3n) is 3.85. The third kappa shape index (κ3) is 4.36. The number of methoxy groups -OCH3 is 1. The first-order chi connectivity index (χ1) is 12.3. The van der Waals surface area contributed by atoms with Crippen LogP contribution in [0.25, 0.3) is 10.9 Å². The summed E-state index contributed by atoms with van der Waals surface area (Å²) >= 11 is 0. The average molecular weight is 339 g/mol. The van der Waals surface area contributed by atoms with Crippen molar-refractivity contribution in [3.63, 3.8) is 0 Å². The summed E-state index contributed by atoms with van der Waals surface area (Å²) in [6.45, 7) is 2.12. The fourth-order valence-electron chi connectivity index (χ4n) is 2.59. The molecule has 0 atom stereocenters. The lowest BCUT2D eigenvalue weighted by Crippen LogP contribution is -2.27. The number of aromatic nitrogens is 2. The number of nitrogens with zero attached hydrogens (tertiary/aromatic N) is 2. The molecular formula is C19H21N3O3. The van der Waals surface area contributed by atoms with E-state index in [-0.39, 0.29) is 5.91 Å². The Morgan fingerprint density at radius 1 is 1.20 bits per heavy atom. The van der Waals surface area contributed by atoms with Crippen LogP contribution >= 0.6 is 0 Å². The van der Waals surface area contributed by atoms with Gasteiger partial charge in [-0.2, -0.15) is 0 Å². The van der Waals surface area contributed by atoms with Crippen molar-refractivity contribution in [2.75, 3.05) is 26.9 Å². The van der Waals surface area contributed by atoms with Gasteiger partial charge in [0.05, 0.1) is 6.61 Å². The van der Waals surface area contributed by atoms with Gasteiger partial charge in [0, 0.05) is 49.7 Å². The highest BCUT2D eigenvalue weighted by atomic mass is 16.5. The first-order valence-corrected chi connectivity index (χ1v) is 8.18. The van der Waals surface area contributed by atoms with Crippen LogP contribution in [0.15, 0.2) is 54.9 Å². The first kappa shape index (κ1) is 17.0. The maximum atomic E-state index is 12.3. The van der Waals surface area contributed by atoms with Gasteiger partial charge in [-0.1, -0.05) is 18.2 Å². The molecule has 0 spiro atoms. The van der Waals surface area contributed by atoms with Crippen LogP contribution in [0.1, 0.15) is 10.4 Å². The normalized spacial score (nSPS) is 10.8. The van der Waals surface area contributed by atoms with Crippen LogP contribution in [0.3, 0.4) is 0 Å². The number of benzene rings is 1. The van der Waals surface area contributed by atoms with Crippen molar-refractivity contribution in [2.24, 2.45) is 0 Å². The predicted octanol–water partition coefficient (Wildman–Crippen LogP) is 2.49. The zero-order valence-electron chi connectivity index (χ0n) is 14.1. The van der Waals surface area contributed by atoms with Crippen molar-refractivity contribution in [3.8, 4) is 5.88 Å². The van der Waals surface area contributed by atoms with Gasteiger partial charge < -0.3 is 19.4 Å². The molecule has 0 saturated heterocycles. The van der Waals surface area contributed by atoms with Crippen molar-refractivity contribution in [2.45, 2.75) is 6.54 Å². The van der Waals surface area contributed by atoms with Crippen molar-refractivity contribution in [3.05, 3.63) is 60.4 Å². The topological polar surface area (TPSA) is 65.4 Å². The van der Waals surface area contributed by atoms with Gasteiger partial charge in [0.15, 0.2) is 0 Å². The summed E-state index contributed by atoms with van der Waals surface area (Å²) in [5.41, 5.74) is 1.69. The van der Waals surface area contributed by atoms with Crippen LogP contribution < -0.4 is 10.1 Å². The Hall–Kier alpha value is -2.86. The Bertz CT molecular complexity index is 845. The summed E-state index contributed by atoms with van der Waals surface area (Å²) < 4.78 is 12.5. The molecule has 1 N–H and O–H groups in total. The minimum absolute atomic E-state index is 0.143. The number of rotatable bonds is 8. The number of hydrogen-bond acceptors (Lipinski definition) is 4. The van der Waals surface area contributed by atoms with Gasteiger partial charge in [-0.3, -0.25) is 4.79 Å². The highest BCUT2D eigenvalue weighted by Crippen LogP contribution is 2.14. The molecule has 1 aromatic carbocycles. The summed E-state index contributed by atoms with van der Waals surface area (Å²) in [5.74, 6) is 0.275. The van der Waals surface area contributed by atoms with Gasteiger partial charge in [-0.15, -0.1) is 0 Å². The fourth-order valence-corrected chi connectivity index (χ4v) is 2.59. The van der Waals surface area contributed by atoms with Crippen LogP contribution in [0.2, 0.25) is 0 Å². The number of carbonyl (C=O) groups excluding carboxylic acids is 1. The van der Waals surface area contributed by atoms with E-state index in [1.54, 1.807) is 25.4 Å². The van der Waals surface area contributed by atoms with E-state index in [2.05, 4.69) is 33.1 Å². The standard InChI is InChI=1S/C19H21N3O3/c1-24-12-13-25-18-14-16(6-8-20-18)19(23)21-9-11-22-10-7-15-4-2-3-5-17(15)22/h2-8,10,14H,9,11-13H2,1H3,(H,21,23). The second kappa shape index (κ2) is 8.30. The van der Waals surface area contributed by atoms with Gasteiger partial charge >= 0.3 is 0 Å². The minimum atomic E-state index is -0.143. The summed E-state index contributed by atoms with van der Waals surface area (Å²) in [7, 11) is 1.61. The number of fused-ring (bicyclic) bond motifs is 1. The molecule has 0 saturated carbocycles. The predicted molar refractivity (Wildman–Crippen MR) is 95.9 cm³/mol. The van der Waals surface area contributed by atoms with Gasteiger partial charge in [0.2, 0.25) is 5.88 Å². The van der Waals surface area contributed by atoms with Crippen molar-refractivity contribution >= 4 is 16.8 Å². The maximum Gasteiger partial charge on any atom is 0.251 e. The number of hydrogen-bond donors (Lipinski definition) is 1. The third-order valence-corrected chi connectivity index (χ3v) is 3.85. The van der Waals surface area contributed by atoms with Gasteiger partial charge in [-0.25, -0.2) is 4.98 Å². The second-order valence-electron chi connectivity index (χ2n) is 5.55. The monoisotopic (exact) mass is 339 g/mol. The van der Waals surface area contributed by atoms with Crippen molar-refractivity contribution in [1.82, 2.24) is 14.9 Å². The first-order valence-electron chi connectivity index (χ1n) is 8.18. The van der Waals surface area contributed by atoms with Crippen molar-refractivity contribution < 1.29 is 14.3 Å². The summed E-state index contributed by atoms with van der Waals surface area (Å²) in [6, 6.07) is 13.6. The number of nitrogens with one attached hydrogen (secondary N) is 1.